The Hall–Kier alpha value is -3.97. The molecule has 1 heterocycles. The van der Waals surface area contributed by atoms with Gasteiger partial charge in [-0.3, -0.25) is 4.79 Å². The van der Waals surface area contributed by atoms with Crippen LogP contribution in [0, 0.1) is 0 Å². The highest BCUT2D eigenvalue weighted by atomic mass is 32.1. The number of allylic oxidation sites excluding steroid dienone is 1. The number of nitrogens with zero attached hydrogens (tertiary/aromatic N) is 1. The Bertz CT molecular complexity index is 1300. The minimum absolute atomic E-state index is 0.214. The van der Waals surface area contributed by atoms with Crippen LogP contribution in [0.25, 0.3) is 11.1 Å². The first-order valence-corrected chi connectivity index (χ1v) is 12.4. The van der Waals surface area contributed by atoms with Crippen LogP contribution < -0.4 is 10.6 Å². The van der Waals surface area contributed by atoms with Crippen molar-refractivity contribution in [2.24, 2.45) is 0 Å². The van der Waals surface area contributed by atoms with Gasteiger partial charge in [0.05, 0.1) is 18.2 Å². The molecule has 0 spiro atoms. The van der Waals surface area contributed by atoms with Crippen LogP contribution in [0.5, 0.6) is 0 Å². The first-order chi connectivity index (χ1) is 17.4. The standard InChI is InChI=1S/C29H29N3O3S/c1-4-32-19(3)25(28(34)35-5-2)26(31-29(32)36)23-12-9-13-24(18-23)30-27(33)22-16-14-21(15-17-22)20-10-7-6-8-11-20/h6-18,26H,4-5H2,1-3H3,(H,30,33)(H,31,36). The number of thiocarbonyl (C=S) groups is 1. The Kier molecular flexibility index (Phi) is 7.80. The van der Waals surface area contributed by atoms with Crippen LogP contribution >= 0.6 is 12.2 Å². The molecular formula is C29H29N3O3S. The fraction of sp³-hybridized carbons (Fsp3) is 0.207. The van der Waals surface area contributed by atoms with Crippen molar-refractivity contribution < 1.29 is 14.3 Å². The molecule has 184 valence electrons. The predicted octanol–water partition coefficient (Wildman–Crippen LogP) is 5.69. The molecule has 0 saturated heterocycles. The van der Waals surface area contributed by atoms with Gasteiger partial charge in [-0.1, -0.05) is 54.6 Å². The van der Waals surface area contributed by atoms with E-state index >= 15 is 0 Å². The average Bonchev–Trinajstić information content (AvgIpc) is 2.89. The largest absolute Gasteiger partial charge is 0.463 e. The van der Waals surface area contributed by atoms with E-state index in [2.05, 4.69) is 10.6 Å². The predicted molar refractivity (Wildman–Crippen MR) is 146 cm³/mol. The van der Waals surface area contributed by atoms with Crippen molar-refractivity contribution in [3.63, 3.8) is 0 Å². The fourth-order valence-corrected chi connectivity index (χ4v) is 4.71. The van der Waals surface area contributed by atoms with Crippen molar-refractivity contribution >= 4 is 34.9 Å². The van der Waals surface area contributed by atoms with Crippen LogP contribution in [0.4, 0.5) is 5.69 Å². The molecule has 0 aromatic heterocycles. The summed E-state index contributed by atoms with van der Waals surface area (Å²) in [4.78, 5) is 27.7. The number of benzene rings is 3. The molecule has 36 heavy (non-hydrogen) atoms. The second-order valence-corrected chi connectivity index (χ2v) is 8.76. The zero-order chi connectivity index (χ0) is 25.7. The van der Waals surface area contributed by atoms with Gasteiger partial charge in [0, 0.05) is 23.5 Å². The number of carbonyl (C=O) groups is 2. The van der Waals surface area contributed by atoms with Gasteiger partial charge in [0.15, 0.2) is 5.11 Å². The first-order valence-electron chi connectivity index (χ1n) is 12.0. The van der Waals surface area contributed by atoms with E-state index in [-0.39, 0.29) is 18.5 Å². The number of amides is 1. The van der Waals surface area contributed by atoms with Gasteiger partial charge in [-0.15, -0.1) is 0 Å². The van der Waals surface area contributed by atoms with E-state index in [1.54, 1.807) is 6.92 Å². The molecule has 0 radical (unpaired) electrons. The van der Waals surface area contributed by atoms with Crippen LogP contribution in [0.3, 0.4) is 0 Å². The van der Waals surface area contributed by atoms with Gasteiger partial charge in [-0.2, -0.15) is 0 Å². The number of nitrogens with one attached hydrogen (secondary N) is 2. The molecule has 6 nitrogen and oxygen atoms in total. The summed E-state index contributed by atoms with van der Waals surface area (Å²) in [6.45, 7) is 6.54. The Balaban J connectivity index is 1.57. The lowest BCUT2D eigenvalue weighted by Crippen LogP contribution is -2.47. The van der Waals surface area contributed by atoms with Gasteiger partial charge in [0.2, 0.25) is 0 Å². The van der Waals surface area contributed by atoms with Crippen LogP contribution in [-0.2, 0) is 9.53 Å². The molecule has 0 fully saturated rings. The second-order valence-electron chi connectivity index (χ2n) is 8.37. The summed E-state index contributed by atoms with van der Waals surface area (Å²) < 4.78 is 5.35. The van der Waals surface area contributed by atoms with Crippen molar-refractivity contribution in [3.8, 4) is 11.1 Å². The average molecular weight is 500 g/mol. The van der Waals surface area contributed by atoms with Crippen molar-refractivity contribution in [3.05, 3.63) is 101 Å². The van der Waals surface area contributed by atoms with E-state index in [0.717, 1.165) is 22.4 Å². The van der Waals surface area contributed by atoms with Gasteiger partial charge < -0.3 is 20.3 Å². The molecule has 0 saturated carbocycles. The SMILES string of the molecule is CCOC(=O)C1=C(C)N(CC)C(=S)NC1c1cccc(NC(=O)c2ccc(-c3ccccc3)cc2)c1. The third-order valence-electron chi connectivity index (χ3n) is 6.14. The lowest BCUT2D eigenvalue weighted by Gasteiger charge is -2.37. The number of esters is 1. The Labute approximate surface area is 217 Å². The molecule has 7 heteroatoms. The van der Waals surface area contributed by atoms with E-state index < -0.39 is 6.04 Å². The van der Waals surface area contributed by atoms with E-state index in [1.165, 1.54) is 0 Å². The van der Waals surface area contributed by atoms with Crippen molar-refractivity contribution in [1.29, 1.82) is 0 Å². The van der Waals surface area contributed by atoms with Gasteiger partial charge in [-0.25, -0.2) is 4.79 Å². The number of anilines is 1. The van der Waals surface area contributed by atoms with Gasteiger partial charge in [-0.05, 0) is 73.9 Å². The maximum Gasteiger partial charge on any atom is 0.338 e. The summed E-state index contributed by atoms with van der Waals surface area (Å²) >= 11 is 5.56. The monoisotopic (exact) mass is 499 g/mol. The topological polar surface area (TPSA) is 70.7 Å². The van der Waals surface area contributed by atoms with E-state index in [4.69, 9.17) is 17.0 Å². The summed E-state index contributed by atoms with van der Waals surface area (Å²) in [6.07, 6.45) is 0. The van der Waals surface area contributed by atoms with Crippen LogP contribution in [0.1, 0.15) is 42.7 Å². The normalized spacial score (nSPS) is 15.4. The van der Waals surface area contributed by atoms with Crippen molar-refractivity contribution in [1.82, 2.24) is 10.2 Å². The summed E-state index contributed by atoms with van der Waals surface area (Å²) in [5, 5.41) is 6.78. The summed E-state index contributed by atoms with van der Waals surface area (Å²) in [6, 6.07) is 24.4. The molecule has 4 rings (SSSR count). The Morgan fingerprint density at radius 2 is 1.67 bits per heavy atom. The fourth-order valence-electron chi connectivity index (χ4n) is 4.33. The molecule has 1 unspecified atom stereocenters. The number of rotatable bonds is 7. The first kappa shape index (κ1) is 25.1. The van der Waals surface area contributed by atoms with E-state index in [9.17, 15) is 9.59 Å². The van der Waals surface area contributed by atoms with Crippen molar-refractivity contribution in [2.45, 2.75) is 26.8 Å². The highest BCUT2D eigenvalue weighted by Gasteiger charge is 2.34. The molecule has 3 aromatic rings. The van der Waals surface area contributed by atoms with E-state index in [0.29, 0.717) is 28.5 Å². The lowest BCUT2D eigenvalue weighted by molar-refractivity contribution is -0.139. The molecule has 1 aliphatic heterocycles. The van der Waals surface area contributed by atoms with Gasteiger partial charge >= 0.3 is 5.97 Å². The van der Waals surface area contributed by atoms with Crippen LogP contribution in [-0.4, -0.2) is 35.0 Å². The molecule has 2 N–H and O–H groups in total. The summed E-state index contributed by atoms with van der Waals surface area (Å²) in [5.74, 6) is -0.602. The highest BCUT2D eigenvalue weighted by Crippen LogP contribution is 2.32. The van der Waals surface area contributed by atoms with E-state index in [1.807, 2.05) is 97.6 Å². The summed E-state index contributed by atoms with van der Waals surface area (Å²) in [7, 11) is 0. The molecular weight excluding hydrogens is 470 g/mol. The molecule has 1 amide bonds. The number of hydrogen-bond acceptors (Lipinski definition) is 4. The molecule has 3 aromatic carbocycles. The second kappa shape index (κ2) is 11.2. The Morgan fingerprint density at radius 1 is 0.972 bits per heavy atom. The zero-order valence-electron chi connectivity index (χ0n) is 20.6. The van der Waals surface area contributed by atoms with Gasteiger partial charge in [0.1, 0.15) is 0 Å². The minimum atomic E-state index is -0.485. The number of ether oxygens (including phenoxy) is 1. The van der Waals surface area contributed by atoms with Gasteiger partial charge in [0.25, 0.3) is 5.91 Å². The maximum absolute atomic E-state index is 13.0. The molecule has 0 bridgehead atoms. The quantitative estimate of drug-likeness (QED) is 0.321. The third-order valence-corrected chi connectivity index (χ3v) is 6.48. The van der Waals surface area contributed by atoms with Crippen LogP contribution in [0.15, 0.2) is 90.1 Å². The summed E-state index contributed by atoms with van der Waals surface area (Å²) in [5.41, 5.74) is 5.38. The third kappa shape index (κ3) is 5.31. The smallest absolute Gasteiger partial charge is 0.338 e. The highest BCUT2D eigenvalue weighted by molar-refractivity contribution is 7.80. The number of carbonyl (C=O) groups excluding carboxylic acids is 2. The molecule has 1 atom stereocenters. The minimum Gasteiger partial charge on any atom is -0.463 e. The Morgan fingerprint density at radius 3 is 2.33 bits per heavy atom. The molecule has 0 aliphatic carbocycles. The van der Waals surface area contributed by atoms with Crippen molar-refractivity contribution in [2.75, 3.05) is 18.5 Å². The zero-order valence-corrected chi connectivity index (χ0v) is 21.4. The molecule has 1 aliphatic rings. The van der Waals surface area contributed by atoms with Crippen LogP contribution in [0.2, 0.25) is 0 Å². The maximum atomic E-state index is 13.0. The lowest BCUT2D eigenvalue weighted by atomic mass is 9.94. The number of hydrogen-bond donors (Lipinski definition) is 2.